The second kappa shape index (κ2) is 9.02. The van der Waals surface area contributed by atoms with Crippen molar-refractivity contribution in [1.29, 1.82) is 0 Å². The lowest BCUT2D eigenvalue weighted by molar-refractivity contribution is -0.115. The summed E-state index contributed by atoms with van der Waals surface area (Å²) in [6.45, 7) is 9.48. The number of likely N-dealkylation sites (tertiary alicyclic amines) is 1. The summed E-state index contributed by atoms with van der Waals surface area (Å²) < 4.78 is 0. The molecule has 3 rings (SSSR count). The average Bonchev–Trinajstić information content (AvgIpc) is 3.03. The van der Waals surface area contributed by atoms with Crippen LogP contribution in [0.25, 0.3) is 0 Å². The fourth-order valence-corrected chi connectivity index (χ4v) is 4.75. The van der Waals surface area contributed by atoms with E-state index in [0.29, 0.717) is 5.13 Å². The van der Waals surface area contributed by atoms with Crippen molar-refractivity contribution in [2.45, 2.75) is 50.3 Å². The standard InChI is InChI=1S/C20H27N3OS2/c1-14-6-8-18(9-7-14)26-16(3)19(24)22-20-21-17(13-25-20)12-23-10-4-5-15(2)11-23/h6-9,13,15-16H,4-5,10-12H2,1-3H3,(H,21,22,24). The van der Waals surface area contributed by atoms with Gasteiger partial charge >= 0.3 is 0 Å². The molecule has 6 heteroatoms. The van der Waals surface area contributed by atoms with Gasteiger partial charge in [-0.25, -0.2) is 4.98 Å². The number of thioether (sulfide) groups is 1. The van der Waals surface area contributed by atoms with Crippen LogP contribution in [0.5, 0.6) is 0 Å². The Balaban J connectivity index is 1.51. The van der Waals surface area contributed by atoms with Gasteiger partial charge in [0.1, 0.15) is 0 Å². The monoisotopic (exact) mass is 389 g/mol. The lowest BCUT2D eigenvalue weighted by Gasteiger charge is -2.30. The molecule has 140 valence electrons. The van der Waals surface area contributed by atoms with Gasteiger partial charge < -0.3 is 5.32 Å². The minimum atomic E-state index is -0.159. The Hall–Kier alpha value is -1.37. The molecule has 1 fully saturated rings. The van der Waals surface area contributed by atoms with Gasteiger partial charge in [0.15, 0.2) is 5.13 Å². The minimum Gasteiger partial charge on any atom is -0.301 e. The van der Waals surface area contributed by atoms with E-state index in [0.717, 1.165) is 36.1 Å². The molecular weight excluding hydrogens is 362 g/mol. The number of amides is 1. The molecule has 1 N–H and O–H groups in total. The third-order valence-corrected chi connectivity index (χ3v) is 6.53. The van der Waals surface area contributed by atoms with Gasteiger partial charge in [0.05, 0.1) is 10.9 Å². The quantitative estimate of drug-likeness (QED) is 0.721. The first-order valence-electron chi connectivity index (χ1n) is 9.20. The number of carbonyl (C=O) groups excluding carboxylic acids is 1. The van der Waals surface area contributed by atoms with Gasteiger partial charge in [0.25, 0.3) is 0 Å². The van der Waals surface area contributed by atoms with E-state index >= 15 is 0 Å². The van der Waals surface area contributed by atoms with Crippen LogP contribution in [0.1, 0.15) is 37.9 Å². The molecule has 1 aromatic carbocycles. The topological polar surface area (TPSA) is 45.2 Å². The van der Waals surface area contributed by atoms with Crippen molar-refractivity contribution < 1.29 is 4.79 Å². The zero-order chi connectivity index (χ0) is 18.5. The first-order valence-corrected chi connectivity index (χ1v) is 11.0. The zero-order valence-electron chi connectivity index (χ0n) is 15.7. The van der Waals surface area contributed by atoms with Crippen LogP contribution < -0.4 is 5.32 Å². The van der Waals surface area contributed by atoms with Crippen LogP contribution >= 0.6 is 23.1 Å². The molecule has 2 heterocycles. The highest BCUT2D eigenvalue weighted by molar-refractivity contribution is 8.00. The first-order chi connectivity index (χ1) is 12.5. The van der Waals surface area contributed by atoms with Crippen molar-refractivity contribution in [1.82, 2.24) is 9.88 Å². The lowest BCUT2D eigenvalue weighted by atomic mass is 10.0. The molecule has 2 atom stereocenters. The molecule has 2 aromatic rings. The highest BCUT2D eigenvalue weighted by atomic mass is 32.2. The average molecular weight is 390 g/mol. The number of aryl methyl sites for hydroxylation is 1. The molecule has 1 aromatic heterocycles. The largest absolute Gasteiger partial charge is 0.301 e. The third-order valence-electron chi connectivity index (χ3n) is 4.61. The maximum absolute atomic E-state index is 12.5. The molecule has 4 nitrogen and oxygen atoms in total. The molecule has 26 heavy (non-hydrogen) atoms. The normalized spacial score (nSPS) is 19.3. The predicted octanol–water partition coefficient (Wildman–Crippen LogP) is 4.80. The minimum absolute atomic E-state index is 0.00284. The van der Waals surface area contributed by atoms with E-state index in [1.54, 1.807) is 11.8 Å². The summed E-state index contributed by atoms with van der Waals surface area (Å²) in [5.41, 5.74) is 2.28. The van der Waals surface area contributed by atoms with Crippen LogP contribution in [0.2, 0.25) is 0 Å². The summed E-state index contributed by atoms with van der Waals surface area (Å²) in [5, 5.41) is 5.57. The van der Waals surface area contributed by atoms with Gasteiger partial charge in [-0.15, -0.1) is 23.1 Å². The van der Waals surface area contributed by atoms with Crippen molar-refractivity contribution in [2.75, 3.05) is 18.4 Å². The fourth-order valence-electron chi connectivity index (χ4n) is 3.18. The molecule has 2 unspecified atom stereocenters. The highest BCUT2D eigenvalue weighted by Crippen LogP contribution is 2.26. The van der Waals surface area contributed by atoms with E-state index in [1.165, 1.54) is 29.7 Å². The summed E-state index contributed by atoms with van der Waals surface area (Å²) in [6, 6.07) is 8.26. The van der Waals surface area contributed by atoms with Crippen LogP contribution in [0.3, 0.4) is 0 Å². The van der Waals surface area contributed by atoms with Gasteiger partial charge in [-0.05, 0) is 51.3 Å². The van der Waals surface area contributed by atoms with Crippen LogP contribution in [-0.4, -0.2) is 34.1 Å². The number of anilines is 1. The maximum atomic E-state index is 12.5. The van der Waals surface area contributed by atoms with E-state index in [2.05, 4.69) is 58.7 Å². The van der Waals surface area contributed by atoms with Crippen molar-refractivity contribution in [2.24, 2.45) is 5.92 Å². The van der Waals surface area contributed by atoms with Gasteiger partial charge in [-0.1, -0.05) is 24.6 Å². The summed E-state index contributed by atoms with van der Waals surface area (Å²) in [4.78, 5) is 20.6. The molecular formula is C20H27N3OS2. The van der Waals surface area contributed by atoms with Gasteiger partial charge in [-0.2, -0.15) is 0 Å². The fraction of sp³-hybridized carbons (Fsp3) is 0.500. The Morgan fingerprint density at radius 3 is 2.92 bits per heavy atom. The number of thiazole rings is 1. The smallest absolute Gasteiger partial charge is 0.239 e. The summed E-state index contributed by atoms with van der Waals surface area (Å²) in [5.74, 6) is 0.768. The summed E-state index contributed by atoms with van der Waals surface area (Å²) in [7, 11) is 0. The lowest BCUT2D eigenvalue weighted by Crippen LogP contribution is -2.33. The number of benzene rings is 1. The maximum Gasteiger partial charge on any atom is 0.239 e. The van der Waals surface area contributed by atoms with E-state index in [-0.39, 0.29) is 11.2 Å². The van der Waals surface area contributed by atoms with Crippen molar-refractivity contribution >= 4 is 34.1 Å². The Labute approximate surface area is 164 Å². The van der Waals surface area contributed by atoms with E-state index in [4.69, 9.17) is 0 Å². The number of nitrogens with one attached hydrogen (secondary N) is 1. The summed E-state index contributed by atoms with van der Waals surface area (Å²) in [6.07, 6.45) is 2.59. The third kappa shape index (κ3) is 5.56. The Kier molecular flexibility index (Phi) is 6.73. The van der Waals surface area contributed by atoms with Crippen LogP contribution in [0.4, 0.5) is 5.13 Å². The molecule has 1 saturated heterocycles. The van der Waals surface area contributed by atoms with E-state index < -0.39 is 0 Å². The molecule has 0 saturated carbocycles. The van der Waals surface area contributed by atoms with E-state index in [9.17, 15) is 4.79 Å². The van der Waals surface area contributed by atoms with Crippen molar-refractivity contribution in [3.05, 3.63) is 40.9 Å². The predicted molar refractivity (Wildman–Crippen MR) is 111 cm³/mol. The van der Waals surface area contributed by atoms with Gasteiger partial charge in [-0.3, -0.25) is 9.69 Å². The summed E-state index contributed by atoms with van der Waals surface area (Å²) >= 11 is 3.09. The van der Waals surface area contributed by atoms with Crippen LogP contribution in [0, 0.1) is 12.8 Å². The number of piperidine rings is 1. The number of nitrogens with zero attached hydrogens (tertiary/aromatic N) is 2. The number of hydrogen-bond donors (Lipinski definition) is 1. The number of rotatable bonds is 6. The van der Waals surface area contributed by atoms with Crippen LogP contribution in [-0.2, 0) is 11.3 Å². The van der Waals surface area contributed by atoms with E-state index in [1.807, 2.05) is 6.92 Å². The second-order valence-electron chi connectivity index (χ2n) is 7.19. The first kappa shape index (κ1) is 19.4. The molecule has 0 spiro atoms. The number of aromatic nitrogens is 1. The second-order valence-corrected chi connectivity index (χ2v) is 9.46. The Morgan fingerprint density at radius 2 is 2.19 bits per heavy atom. The molecule has 0 radical (unpaired) electrons. The van der Waals surface area contributed by atoms with Gasteiger partial charge in [0.2, 0.25) is 5.91 Å². The molecule has 1 aliphatic rings. The SMILES string of the molecule is Cc1ccc(SC(C)C(=O)Nc2nc(CN3CCCC(C)C3)cs2)cc1. The molecule has 1 amide bonds. The number of carbonyl (C=O) groups is 1. The van der Waals surface area contributed by atoms with Crippen molar-refractivity contribution in [3.63, 3.8) is 0 Å². The van der Waals surface area contributed by atoms with Crippen molar-refractivity contribution in [3.8, 4) is 0 Å². The Bertz CT molecular complexity index is 729. The van der Waals surface area contributed by atoms with Crippen LogP contribution in [0.15, 0.2) is 34.5 Å². The Morgan fingerprint density at radius 1 is 1.42 bits per heavy atom. The molecule has 0 bridgehead atoms. The molecule has 1 aliphatic heterocycles. The number of hydrogen-bond acceptors (Lipinski definition) is 5. The zero-order valence-corrected chi connectivity index (χ0v) is 17.3. The van der Waals surface area contributed by atoms with Gasteiger partial charge in [0, 0.05) is 23.4 Å². The highest BCUT2D eigenvalue weighted by Gasteiger charge is 2.19. The molecule has 0 aliphatic carbocycles.